The fourth-order valence-corrected chi connectivity index (χ4v) is 4.60. The van der Waals surface area contributed by atoms with Crippen molar-refractivity contribution in [1.82, 2.24) is 20.3 Å². The van der Waals surface area contributed by atoms with E-state index < -0.39 is 0 Å². The molecule has 5 aromatic rings. The molecule has 7 rings (SSSR count). The summed E-state index contributed by atoms with van der Waals surface area (Å²) in [5, 5.41) is 12.6. The highest BCUT2D eigenvalue weighted by Gasteiger charge is 2.30. The molecular formula is C26H20N8. The molecule has 0 fully saturated rings. The van der Waals surface area contributed by atoms with Crippen molar-refractivity contribution in [1.29, 1.82) is 0 Å². The van der Waals surface area contributed by atoms with Crippen LogP contribution in [0.15, 0.2) is 94.9 Å². The Balaban J connectivity index is 1.47. The zero-order valence-corrected chi connectivity index (χ0v) is 18.0. The number of fused-ring (bicyclic) bond motifs is 14. The van der Waals surface area contributed by atoms with Gasteiger partial charge in [0, 0.05) is 10.8 Å². The highest BCUT2D eigenvalue weighted by Crippen LogP contribution is 2.34. The molecule has 2 atom stereocenters. The van der Waals surface area contributed by atoms with Gasteiger partial charge in [-0.3, -0.25) is 5.32 Å². The van der Waals surface area contributed by atoms with Gasteiger partial charge in [0.25, 0.3) is 0 Å². The van der Waals surface area contributed by atoms with Crippen molar-refractivity contribution in [2.75, 3.05) is 10.6 Å². The highest BCUT2D eigenvalue weighted by atomic mass is 15.3. The molecule has 0 saturated heterocycles. The van der Waals surface area contributed by atoms with Crippen LogP contribution in [0.25, 0.3) is 10.8 Å². The Kier molecular flexibility index (Phi) is 4.18. The second kappa shape index (κ2) is 7.50. The van der Waals surface area contributed by atoms with Crippen molar-refractivity contribution in [2.24, 2.45) is 9.98 Å². The Morgan fingerprint density at radius 3 is 1.56 bits per heavy atom. The lowest BCUT2D eigenvalue weighted by Crippen LogP contribution is -2.28. The molecule has 0 radical (unpaired) electrons. The number of nitrogens with zero attached hydrogens (tertiary/aromatic N) is 4. The summed E-state index contributed by atoms with van der Waals surface area (Å²) in [5.41, 5.74) is 3.75. The third-order valence-electron chi connectivity index (χ3n) is 6.13. The van der Waals surface area contributed by atoms with Crippen LogP contribution in [0.4, 0.5) is 23.3 Å². The highest BCUT2D eigenvalue weighted by molar-refractivity contribution is 5.81. The van der Waals surface area contributed by atoms with Gasteiger partial charge in [-0.15, -0.1) is 0 Å². The minimum Gasteiger partial charge on any atom is -0.351 e. The number of H-pyrrole nitrogens is 1. The summed E-state index contributed by atoms with van der Waals surface area (Å²) < 4.78 is 0. The van der Waals surface area contributed by atoms with Gasteiger partial charge in [-0.2, -0.15) is 0 Å². The molecule has 3 aromatic heterocycles. The molecule has 8 bridgehead atoms. The number of hydrogen-bond donors (Lipinski definition) is 4. The van der Waals surface area contributed by atoms with Gasteiger partial charge in [0.1, 0.15) is 34.9 Å². The molecule has 34 heavy (non-hydrogen) atoms. The van der Waals surface area contributed by atoms with E-state index in [-0.39, 0.29) is 12.3 Å². The Morgan fingerprint density at radius 1 is 0.529 bits per heavy atom. The van der Waals surface area contributed by atoms with Crippen molar-refractivity contribution >= 4 is 34.0 Å². The first-order chi connectivity index (χ1) is 16.8. The standard InChI is InChI=1S/C26H20N8/c1-2-8-16-15(7-1)23-29-19-11-5-13-21(27-19)31-25-17-9-3-4-10-18(17)26(34-25)32-22-14-6-12-20(28-22)30-24(16)33-23/h1-14,23-24,33H,(H3,27,28,29,30,31,32,34). The topological polar surface area (TPSA) is 102 Å². The molecule has 2 aliphatic rings. The number of benzene rings is 2. The molecule has 2 unspecified atom stereocenters. The zero-order chi connectivity index (χ0) is 22.5. The molecule has 164 valence electrons. The quantitative estimate of drug-likeness (QED) is 0.289. The van der Waals surface area contributed by atoms with Gasteiger partial charge < -0.3 is 15.6 Å². The molecule has 2 aromatic carbocycles. The lowest BCUT2D eigenvalue weighted by Gasteiger charge is -2.19. The van der Waals surface area contributed by atoms with Crippen molar-refractivity contribution < 1.29 is 0 Å². The normalized spacial score (nSPS) is 20.2. The van der Waals surface area contributed by atoms with Gasteiger partial charge in [0.2, 0.25) is 0 Å². The Morgan fingerprint density at radius 2 is 1.03 bits per heavy atom. The van der Waals surface area contributed by atoms with E-state index in [4.69, 9.17) is 20.0 Å². The molecule has 2 aliphatic heterocycles. The third-order valence-corrected chi connectivity index (χ3v) is 6.13. The van der Waals surface area contributed by atoms with Gasteiger partial charge in [-0.05, 0) is 35.4 Å². The van der Waals surface area contributed by atoms with E-state index in [0.29, 0.717) is 22.6 Å². The fourth-order valence-electron chi connectivity index (χ4n) is 4.60. The first-order valence-electron chi connectivity index (χ1n) is 11.2. The monoisotopic (exact) mass is 444 g/mol. The van der Waals surface area contributed by atoms with Crippen LogP contribution in [-0.4, -0.2) is 15.0 Å². The molecule has 4 N–H and O–H groups in total. The third kappa shape index (κ3) is 3.20. The summed E-state index contributed by atoms with van der Waals surface area (Å²) in [6.45, 7) is 0. The summed E-state index contributed by atoms with van der Waals surface area (Å²) in [7, 11) is 0. The molecule has 0 saturated carbocycles. The molecule has 8 heteroatoms. The maximum atomic E-state index is 4.82. The summed E-state index contributed by atoms with van der Waals surface area (Å²) in [5.74, 6) is 2.69. The number of rotatable bonds is 0. The Bertz CT molecular complexity index is 1550. The number of nitrogens with one attached hydrogen (secondary N) is 4. The number of anilines is 2. The van der Waals surface area contributed by atoms with Crippen LogP contribution < -0.4 is 26.9 Å². The minimum atomic E-state index is -0.116. The van der Waals surface area contributed by atoms with Crippen LogP contribution in [0.3, 0.4) is 0 Å². The van der Waals surface area contributed by atoms with Crippen LogP contribution in [0.1, 0.15) is 23.5 Å². The number of pyridine rings is 2. The van der Waals surface area contributed by atoms with Crippen LogP contribution in [0, 0.1) is 0 Å². The fraction of sp³-hybridized carbons (Fsp3) is 0.0769. The van der Waals surface area contributed by atoms with Gasteiger partial charge in [-0.25, -0.2) is 20.0 Å². The number of aromatic nitrogens is 3. The van der Waals surface area contributed by atoms with Gasteiger partial charge in [-0.1, -0.05) is 60.7 Å². The number of hydrogen-bond acceptors (Lipinski definition) is 7. The van der Waals surface area contributed by atoms with Gasteiger partial charge >= 0.3 is 0 Å². The molecule has 0 amide bonds. The van der Waals surface area contributed by atoms with Crippen molar-refractivity contribution in [2.45, 2.75) is 12.3 Å². The first kappa shape index (κ1) is 19.0. The lowest BCUT2D eigenvalue weighted by atomic mass is 10.1. The average molecular weight is 445 g/mol. The van der Waals surface area contributed by atoms with Crippen molar-refractivity contribution in [3.8, 4) is 0 Å². The summed E-state index contributed by atoms with van der Waals surface area (Å²) >= 11 is 0. The van der Waals surface area contributed by atoms with E-state index in [1.165, 1.54) is 0 Å². The molecular weight excluding hydrogens is 424 g/mol. The summed E-state index contributed by atoms with van der Waals surface area (Å²) in [4.78, 5) is 22.5. The number of aromatic amines is 1. The first-order valence-corrected chi connectivity index (χ1v) is 11.2. The largest absolute Gasteiger partial charge is 0.351 e. The smallest absolute Gasteiger partial charge is 0.156 e. The van der Waals surface area contributed by atoms with Crippen molar-refractivity contribution in [3.63, 3.8) is 0 Å². The van der Waals surface area contributed by atoms with E-state index in [1.54, 1.807) is 0 Å². The van der Waals surface area contributed by atoms with Crippen LogP contribution in [0.2, 0.25) is 0 Å². The van der Waals surface area contributed by atoms with E-state index in [1.807, 2.05) is 72.8 Å². The Hall–Kier alpha value is -4.56. The van der Waals surface area contributed by atoms with Crippen LogP contribution in [0.5, 0.6) is 0 Å². The maximum absolute atomic E-state index is 4.82. The van der Waals surface area contributed by atoms with E-state index >= 15 is 0 Å². The SMILES string of the molecule is c1cc2nc(c1)NC1NC(Nc3cccc(n3)/N=c3\[nH]/c(c4ccccc34)=N\2)c2ccccc21. The second-order valence-corrected chi connectivity index (χ2v) is 8.30. The van der Waals surface area contributed by atoms with Gasteiger partial charge in [0.15, 0.2) is 11.6 Å². The zero-order valence-electron chi connectivity index (χ0n) is 18.0. The molecule has 0 spiro atoms. The maximum Gasteiger partial charge on any atom is 0.156 e. The second-order valence-electron chi connectivity index (χ2n) is 8.30. The predicted octanol–water partition coefficient (Wildman–Crippen LogP) is 4.00. The summed E-state index contributed by atoms with van der Waals surface area (Å²) in [6, 6.07) is 28.0. The predicted molar refractivity (Wildman–Crippen MR) is 131 cm³/mol. The molecule has 0 aliphatic carbocycles. The van der Waals surface area contributed by atoms with Crippen LogP contribution >= 0.6 is 0 Å². The lowest BCUT2D eigenvalue weighted by molar-refractivity contribution is 0.568. The van der Waals surface area contributed by atoms with E-state index in [0.717, 1.165) is 33.5 Å². The average Bonchev–Trinajstić information content (AvgIpc) is 3.37. The van der Waals surface area contributed by atoms with Crippen molar-refractivity contribution in [3.05, 3.63) is 107 Å². The van der Waals surface area contributed by atoms with Gasteiger partial charge in [0.05, 0.1) is 0 Å². The molecule has 8 nitrogen and oxygen atoms in total. The van der Waals surface area contributed by atoms with E-state index in [2.05, 4.69) is 33.1 Å². The Labute approximate surface area is 194 Å². The summed E-state index contributed by atoms with van der Waals surface area (Å²) in [6.07, 6.45) is -0.231. The molecule has 5 heterocycles. The van der Waals surface area contributed by atoms with Crippen LogP contribution in [-0.2, 0) is 0 Å². The minimum absolute atomic E-state index is 0.116. The van der Waals surface area contributed by atoms with E-state index in [9.17, 15) is 0 Å².